The largest absolute Gasteiger partial charge is 0.311 e. The molecule has 5 nitrogen and oxygen atoms in total. The Kier molecular flexibility index (Phi) is 4.55. The van der Waals surface area contributed by atoms with Gasteiger partial charge in [-0.15, -0.1) is 10.2 Å². The van der Waals surface area contributed by atoms with Gasteiger partial charge in [0.2, 0.25) is 0 Å². The van der Waals surface area contributed by atoms with Crippen LogP contribution in [0.15, 0.2) is 28.8 Å². The normalized spacial score (nSPS) is 11.2. The predicted molar refractivity (Wildman–Crippen MR) is 76.1 cm³/mol. The fraction of sp³-hybridized carbons (Fsp3) is 0.462. The van der Waals surface area contributed by atoms with E-state index >= 15 is 0 Å². The molecule has 0 atom stereocenters. The number of pyridine rings is 1. The molecule has 0 saturated heterocycles. The molecule has 0 radical (unpaired) electrons. The minimum absolute atomic E-state index is 0.480. The number of nitrogens with one attached hydrogen (secondary N) is 1. The summed E-state index contributed by atoms with van der Waals surface area (Å²) in [5.41, 5.74) is 2.37. The van der Waals surface area contributed by atoms with Gasteiger partial charge in [-0.2, -0.15) is 0 Å². The molecule has 2 aromatic heterocycles. The molecule has 0 amide bonds. The zero-order valence-corrected chi connectivity index (χ0v) is 12.5. The molecular weight excluding hydrogens is 258 g/mol. The van der Waals surface area contributed by atoms with Gasteiger partial charge in [-0.1, -0.05) is 19.9 Å². The molecule has 19 heavy (non-hydrogen) atoms. The van der Waals surface area contributed by atoms with Gasteiger partial charge in [0, 0.05) is 25.8 Å². The average molecular weight is 277 g/mol. The molecule has 2 aromatic rings. The van der Waals surface area contributed by atoms with Crippen LogP contribution in [-0.4, -0.2) is 25.8 Å². The smallest absolute Gasteiger partial charge is 0.197 e. The van der Waals surface area contributed by atoms with Crippen LogP contribution < -0.4 is 5.32 Å². The molecule has 1 N–H and O–H groups in total. The summed E-state index contributed by atoms with van der Waals surface area (Å²) in [5.74, 6) is 0. The lowest BCUT2D eigenvalue weighted by atomic mass is 10.2. The van der Waals surface area contributed by atoms with E-state index in [1.807, 2.05) is 17.8 Å². The van der Waals surface area contributed by atoms with Crippen LogP contribution in [0.1, 0.15) is 25.0 Å². The summed E-state index contributed by atoms with van der Waals surface area (Å²) >= 11 is 1.54. The fourth-order valence-corrected chi connectivity index (χ4v) is 2.37. The van der Waals surface area contributed by atoms with E-state index in [0.29, 0.717) is 6.04 Å². The van der Waals surface area contributed by atoms with Crippen molar-refractivity contribution in [2.24, 2.45) is 7.05 Å². The average Bonchev–Trinajstić information content (AvgIpc) is 2.75. The lowest BCUT2D eigenvalue weighted by Crippen LogP contribution is -2.21. The molecule has 0 aromatic carbocycles. The molecule has 6 heteroatoms. The van der Waals surface area contributed by atoms with Crippen LogP contribution in [0, 0.1) is 6.92 Å². The quantitative estimate of drug-likeness (QED) is 0.907. The molecule has 0 aliphatic carbocycles. The number of rotatable bonds is 5. The highest BCUT2D eigenvalue weighted by Gasteiger charge is 2.08. The second-order valence-corrected chi connectivity index (χ2v) is 5.78. The van der Waals surface area contributed by atoms with Crippen molar-refractivity contribution >= 4 is 11.8 Å². The molecule has 2 rings (SSSR count). The first-order valence-electron chi connectivity index (χ1n) is 6.27. The highest BCUT2D eigenvalue weighted by atomic mass is 32.2. The second kappa shape index (κ2) is 6.16. The van der Waals surface area contributed by atoms with E-state index in [-0.39, 0.29) is 0 Å². The van der Waals surface area contributed by atoms with Gasteiger partial charge >= 0.3 is 0 Å². The third kappa shape index (κ3) is 3.78. The molecule has 0 saturated carbocycles. The molecule has 0 bridgehead atoms. The van der Waals surface area contributed by atoms with Crippen molar-refractivity contribution in [1.82, 2.24) is 25.1 Å². The zero-order chi connectivity index (χ0) is 13.8. The molecule has 0 aliphatic rings. The highest BCUT2D eigenvalue weighted by molar-refractivity contribution is 7.99. The van der Waals surface area contributed by atoms with E-state index in [9.17, 15) is 0 Å². The van der Waals surface area contributed by atoms with Crippen molar-refractivity contribution in [2.45, 2.75) is 43.5 Å². The summed E-state index contributed by atoms with van der Waals surface area (Å²) in [7, 11) is 1.93. The van der Waals surface area contributed by atoms with Gasteiger partial charge in [-0.05, 0) is 29.8 Å². The van der Waals surface area contributed by atoms with Gasteiger partial charge in [-0.25, -0.2) is 4.98 Å². The van der Waals surface area contributed by atoms with E-state index in [1.54, 1.807) is 6.33 Å². The van der Waals surface area contributed by atoms with Gasteiger partial charge in [0.15, 0.2) is 5.16 Å². The molecule has 2 heterocycles. The monoisotopic (exact) mass is 277 g/mol. The van der Waals surface area contributed by atoms with Crippen molar-refractivity contribution in [3.8, 4) is 0 Å². The third-order valence-electron chi connectivity index (χ3n) is 2.66. The van der Waals surface area contributed by atoms with Crippen LogP contribution >= 0.6 is 11.8 Å². The minimum atomic E-state index is 0.480. The van der Waals surface area contributed by atoms with Crippen LogP contribution in [0.3, 0.4) is 0 Å². The molecule has 0 unspecified atom stereocenters. The Labute approximate surface area is 117 Å². The van der Waals surface area contributed by atoms with Crippen LogP contribution in [0.4, 0.5) is 0 Å². The van der Waals surface area contributed by atoms with Crippen LogP contribution in [0.25, 0.3) is 0 Å². The SMILES string of the molecule is Cc1cc(CNC(C)C)cnc1Sc1nncn1C. The Morgan fingerprint density at radius 3 is 2.79 bits per heavy atom. The maximum Gasteiger partial charge on any atom is 0.197 e. The predicted octanol–water partition coefficient (Wildman–Crippen LogP) is 2.17. The lowest BCUT2D eigenvalue weighted by Gasteiger charge is -2.10. The van der Waals surface area contributed by atoms with E-state index < -0.39 is 0 Å². The number of nitrogens with zero attached hydrogens (tertiary/aromatic N) is 4. The fourth-order valence-electron chi connectivity index (χ4n) is 1.60. The molecule has 0 fully saturated rings. The maximum atomic E-state index is 4.51. The van der Waals surface area contributed by atoms with Crippen LogP contribution in [-0.2, 0) is 13.6 Å². The van der Waals surface area contributed by atoms with E-state index in [4.69, 9.17) is 0 Å². The van der Waals surface area contributed by atoms with E-state index in [2.05, 4.69) is 47.3 Å². The van der Waals surface area contributed by atoms with Crippen LogP contribution in [0.5, 0.6) is 0 Å². The Bertz CT molecular complexity index is 550. The number of aromatic nitrogens is 4. The van der Waals surface area contributed by atoms with Gasteiger partial charge < -0.3 is 9.88 Å². The zero-order valence-electron chi connectivity index (χ0n) is 11.7. The Morgan fingerprint density at radius 1 is 1.42 bits per heavy atom. The molecule has 102 valence electrons. The molecule has 0 aliphatic heterocycles. The first-order valence-corrected chi connectivity index (χ1v) is 7.08. The number of hydrogen-bond acceptors (Lipinski definition) is 5. The Hall–Kier alpha value is -1.40. The van der Waals surface area contributed by atoms with Gasteiger partial charge in [0.1, 0.15) is 11.4 Å². The minimum Gasteiger partial charge on any atom is -0.311 e. The summed E-state index contributed by atoms with van der Waals surface area (Å²) in [4.78, 5) is 4.51. The summed E-state index contributed by atoms with van der Waals surface area (Å²) in [6.45, 7) is 7.20. The van der Waals surface area contributed by atoms with Crippen molar-refractivity contribution in [1.29, 1.82) is 0 Å². The summed E-state index contributed by atoms with van der Waals surface area (Å²) in [6, 6.07) is 2.65. The molecule has 0 spiro atoms. The van der Waals surface area contributed by atoms with E-state index in [1.165, 1.54) is 17.3 Å². The van der Waals surface area contributed by atoms with Crippen LogP contribution in [0.2, 0.25) is 0 Å². The Morgan fingerprint density at radius 2 is 2.21 bits per heavy atom. The summed E-state index contributed by atoms with van der Waals surface area (Å²) in [5, 5.41) is 13.1. The third-order valence-corrected chi connectivity index (χ3v) is 3.83. The topological polar surface area (TPSA) is 55.6 Å². The van der Waals surface area contributed by atoms with Crippen molar-refractivity contribution in [2.75, 3.05) is 0 Å². The van der Waals surface area contributed by atoms with Gasteiger partial charge in [0.25, 0.3) is 0 Å². The summed E-state index contributed by atoms with van der Waals surface area (Å²) in [6.07, 6.45) is 3.61. The standard InChI is InChI=1S/C13H19N5S/c1-9(2)14-6-11-5-10(3)12(15-7-11)19-13-17-16-8-18(13)4/h5,7-9,14H,6H2,1-4H3. The van der Waals surface area contributed by atoms with Crippen molar-refractivity contribution < 1.29 is 0 Å². The van der Waals surface area contributed by atoms with Crippen molar-refractivity contribution in [3.05, 3.63) is 29.7 Å². The summed E-state index contributed by atoms with van der Waals surface area (Å²) < 4.78 is 1.89. The maximum absolute atomic E-state index is 4.51. The van der Waals surface area contributed by atoms with Crippen molar-refractivity contribution in [3.63, 3.8) is 0 Å². The Balaban J connectivity index is 2.09. The highest BCUT2D eigenvalue weighted by Crippen LogP contribution is 2.26. The number of aryl methyl sites for hydroxylation is 2. The van der Waals surface area contributed by atoms with E-state index in [0.717, 1.165) is 22.3 Å². The van der Waals surface area contributed by atoms with Gasteiger partial charge in [-0.3, -0.25) is 0 Å². The lowest BCUT2D eigenvalue weighted by molar-refractivity contribution is 0.587. The second-order valence-electron chi connectivity index (χ2n) is 4.83. The first kappa shape index (κ1) is 14.0. The van der Waals surface area contributed by atoms with Gasteiger partial charge in [0.05, 0.1) is 0 Å². The first-order chi connectivity index (χ1) is 9.06. The number of hydrogen-bond donors (Lipinski definition) is 1. The molecular formula is C13H19N5S.